The second-order valence-electron chi connectivity index (χ2n) is 4.34. The van der Waals surface area contributed by atoms with Crippen molar-refractivity contribution in [3.63, 3.8) is 0 Å². The van der Waals surface area contributed by atoms with Gasteiger partial charge in [-0.05, 0) is 12.8 Å². The number of nitrogens with zero attached hydrogens (tertiary/aromatic N) is 2. The number of aliphatic hydroxyl groups is 1. The van der Waals surface area contributed by atoms with Crippen LogP contribution in [0.3, 0.4) is 0 Å². The zero-order valence-corrected chi connectivity index (χ0v) is 9.87. The Morgan fingerprint density at radius 3 is 2.75 bits per heavy atom. The molecule has 1 aromatic heterocycles. The molecule has 5 heteroatoms. The maximum Gasteiger partial charge on any atom is 0.148 e. The van der Waals surface area contributed by atoms with Gasteiger partial charge in [0.15, 0.2) is 0 Å². The molecule has 0 spiro atoms. The normalized spacial score (nSPS) is 19.4. The first-order valence-electron chi connectivity index (χ1n) is 5.60. The van der Waals surface area contributed by atoms with Crippen LogP contribution in [-0.4, -0.2) is 27.2 Å². The molecule has 0 unspecified atom stereocenters. The number of hydrogen-bond acceptors (Lipinski definition) is 4. The van der Waals surface area contributed by atoms with Crippen molar-refractivity contribution in [3.8, 4) is 0 Å². The van der Waals surface area contributed by atoms with Gasteiger partial charge in [-0.3, -0.25) is 0 Å². The molecule has 0 atom stereocenters. The highest BCUT2D eigenvalue weighted by atomic mass is 35.5. The molecule has 0 amide bonds. The quantitative estimate of drug-likeness (QED) is 0.852. The van der Waals surface area contributed by atoms with Crippen LogP contribution in [0.25, 0.3) is 0 Å². The minimum atomic E-state index is -0.254. The fourth-order valence-electron chi connectivity index (χ4n) is 2.21. The van der Waals surface area contributed by atoms with Crippen LogP contribution in [0.4, 0.5) is 5.82 Å². The van der Waals surface area contributed by atoms with Crippen molar-refractivity contribution in [2.75, 3.05) is 11.9 Å². The standard InChI is InChI=1S/C11H16ClN3O/c12-9-6-13-8-14-10(9)15-11(7-16)4-2-1-3-5-11/h6,8,16H,1-5,7H2,(H,13,14,15). The van der Waals surface area contributed by atoms with Crippen LogP contribution in [0.5, 0.6) is 0 Å². The number of nitrogens with one attached hydrogen (secondary N) is 1. The van der Waals surface area contributed by atoms with Crippen molar-refractivity contribution in [1.29, 1.82) is 0 Å². The van der Waals surface area contributed by atoms with Crippen LogP contribution >= 0.6 is 11.6 Å². The van der Waals surface area contributed by atoms with Gasteiger partial charge in [-0.25, -0.2) is 9.97 Å². The Labute approximate surface area is 100 Å². The monoisotopic (exact) mass is 241 g/mol. The largest absolute Gasteiger partial charge is 0.394 e. The molecule has 0 saturated heterocycles. The average Bonchev–Trinajstić information content (AvgIpc) is 2.33. The molecule has 1 aliphatic rings. The topological polar surface area (TPSA) is 58.0 Å². The predicted octanol–water partition coefficient (Wildman–Crippen LogP) is 2.24. The number of anilines is 1. The van der Waals surface area contributed by atoms with Crippen molar-refractivity contribution in [1.82, 2.24) is 9.97 Å². The molecule has 2 N–H and O–H groups in total. The first-order valence-corrected chi connectivity index (χ1v) is 5.98. The number of rotatable bonds is 3. The Kier molecular flexibility index (Phi) is 3.61. The molecular formula is C11H16ClN3O. The summed E-state index contributed by atoms with van der Waals surface area (Å²) in [6, 6.07) is 0. The van der Waals surface area contributed by atoms with Gasteiger partial charge in [0.05, 0.1) is 18.3 Å². The van der Waals surface area contributed by atoms with E-state index < -0.39 is 0 Å². The minimum Gasteiger partial charge on any atom is -0.394 e. The lowest BCUT2D eigenvalue weighted by atomic mass is 9.82. The molecule has 0 radical (unpaired) electrons. The Bertz CT molecular complexity index is 353. The van der Waals surface area contributed by atoms with E-state index in [0.717, 1.165) is 25.7 Å². The predicted molar refractivity (Wildman–Crippen MR) is 63.6 cm³/mol. The third-order valence-corrected chi connectivity index (χ3v) is 3.44. The van der Waals surface area contributed by atoms with Gasteiger partial charge in [-0.2, -0.15) is 0 Å². The van der Waals surface area contributed by atoms with Crippen LogP contribution in [0.2, 0.25) is 5.02 Å². The molecule has 4 nitrogen and oxygen atoms in total. The summed E-state index contributed by atoms with van der Waals surface area (Å²) in [7, 11) is 0. The highest BCUT2D eigenvalue weighted by molar-refractivity contribution is 6.32. The maximum atomic E-state index is 9.54. The van der Waals surface area contributed by atoms with E-state index in [2.05, 4.69) is 15.3 Å². The summed E-state index contributed by atoms with van der Waals surface area (Å²) in [5.41, 5.74) is -0.254. The Balaban J connectivity index is 2.15. The van der Waals surface area contributed by atoms with Crippen LogP contribution < -0.4 is 5.32 Å². The third-order valence-electron chi connectivity index (χ3n) is 3.16. The molecule has 16 heavy (non-hydrogen) atoms. The van der Waals surface area contributed by atoms with Crippen LogP contribution in [0.1, 0.15) is 32.1 Å². The van der Waals surface area contributed by atoms with Gasteiger partial charge in [-0.1, -0.05) is 30.9 Å². The summed E-state index contributed by atoms with van der Waals surface area (Å²) in [5.74, 6) is 0.618. The zero-order valence-electron chi connectivity index (χ0n) is 9.12. The molecule has 1 aliphatic carbocycles. The zero-order chi connectivity index (χ0) is 11.4. The van der Waals surface area contributed by atoms with E-state index in [4.69, 9.17) is 11.6 Å². The van der Waals surface area contributed by atoms with Gasteiger partial charge in [0.2, 0.25) is 0 Å². The molecule has 0 aliphatic heterocycles. The van der Waals surface area contributed by atoms with E-state index in [-0.39, 0.29) is 12.1 Å². The van der Waals surface area contributed by atoms with Crippen molar-refractivity contribution < 1.29 is 5.11 Å². The van der Waals surface area contributed by atoms with Crippen LogP contribution in [-0.2, 0) is 0 Å². The minimum absolute atomic E-state index is 0.118. The maximum absolute atomic E-state index is 9.54. The smallest absolute Gasteiger partial charge is 0.148 e. The van der Waals surface area contributed by atoms with Crippen LogP contribution in [0, 0.1) is 0 Å². The summed E-state index contributed by atoms with van der Waals surface area (Å²) in [5, 5.41) is 13.3. The van der Waals surface area contributed by atoms with Crippen molar-refractivity contribution in [2.45, 2.75) is 37.6 Å². The summed E-state index contributed by atoms with van der Waals surface area (Å²) < 4.78 is 0. The van der Waals surface area contributed by atoms with Gasteiger partial charge in [0.1, 0.15) is 17.2 Å². The molecule has 0 aromatic carbocycles. The first kappa shape index (κ1) is 11.6. The van der Waals surface area contributed by atoms with Gasteiger partial charge in [0.25, 0.3) is 0 Å². The second kappa shape index (κ2) is 4.97. The molecule has 1 heterocycles. The van der Waals surface area contributed by atoms with Crippen molar-refractivity contribution >= 4 is 17.4 Å². The highest BCUT2D eigenvalue weighted by Gasteiger charge is 2.31. The molecule has 1 aromatic rings. The summed E-state index contributed by atoms with van der Waals surface area (Å²) >= 11 is 5.99. The van der Waals surface area contributed by atoms with Crippen molar-refractivity contribution in [3.05, 3.63) is 17.5 Å². The number of aliphatic hydroxyl groups excluding tert-OH is 1. The van der Waals surface area contributed by atoms with E-state index in [0.29, 0.717) is 10.8 Å². The lowest BCUT2D eigenvalue weighted by Gasteiger charge is -2.37. The van der Waals surface area contributed by atoms with Crippen molar-refractivity contribution in [2.24, 2.45) is 0 Å². The number of hydrogen-bond donors (Lipinski definition) is 2. The van der Waals surface area contributed by atoms with Gasteiger partial charge in [0, 0.05) is 0 Å². The Morgan fingerprint density at radius 2 is 2.12 bits per heavy atom. The van der Waals surface area contributed by atoms with Crippen LogP contribution in [0.15, 0.2) is 12.5 Å². The van der Waals surface area contributed by atoms with Gasteiger partial charge >= 0.3 is 0 Å². The SMILES string of the molecule is OCC1(Nc2ncncc2Cl)CCCCC1. The molecule has 1 saturated carbocycles. The fourth-order valence-corrected chi connectivity index (χ4v) is 2.36. The highest BCUT2D eigenvalue weighted by Crippen LogP contribution is 2.32. The molecule has 2 rings (SSSR count). The van der Waals surface area contributed by atoms with Gasteiger partial charge < -0.3 is 10.4 Å². The lowest BCUT2D eigenvalue weighted by molar-refractivity contribution is 0.172. The number of aromatic nitrogens is 2. The van der Waals surface area contributed by atoms with Gasteiger partial charge in [-0.15, -0.1) is 0 Å². The second-order valence-corrected chi connectivity index (χ2v) is 4.75. The molecule has 1 fully saturated rings. The Morgan fingerprint density at radius 1 is 1.38 bits per heavy atom. The van der Waals surface area contributed by atoms with E-state index in [1.54, 1.807) is 6.20 Å². The lowest BCUT2D eigenvalue weighted by Crippen LogP contribution is -2.44. The summed E-state index contributed by atoms with van der Waals surface area (Å²) in [6.45, 7) is 0.118. The van der Waals surface area contributed by atoms with E-state index >= 15 is 0 Å². The fraction of sp³-hybridized carbons (Fsp3) is 0.636. The summed E-state index contributed by atoms with van der Waals surface area (Å²) in [4.78, 5) is 7.94. The average molecular weight is 242 g/mol. The van der Waals surface area contributed by atoms with E-state index in [9.17, 15) is 5.11 Å². The molecule has 88 valence electrons. The molecular weight excluding hydrogens is 226 g/mol. The van der Waals surface area contributed by atoms with E-state index in [1.165, 1.54) is 12.7 Å². The first-order chi connectivity index (χ1) is 7.76. The Hall–Kier alpha value is -0.870. The van der Waals surface area contributed by atoms with E-state index in [1.807, 2.05) is 0 Å². The third kappa shape index (κ3) is 2.44. The summed E-state index contributed by atoms with van der Waals surface area (Å²) in [6.07, 6.45) is 8.45. The molecule has 0 bridgehead atoms. The number of halogens is 1.